The number of nitrogens with one attached hydrogen (secondary N) is 1. The summed E-state index contributed by atoms with van der Waals surface area (Å²) in [6.45, 7) is 3.43. The molecule has 1 aliphatic heterocycles. The molecule has 0 spiro atoms. The Bertz CT molecular complexity index is 807. The van der Waals surface area contributed by atoms with Crippen molar-refractivity contribution in [1.29, 1.82) is 0 Å². The van der Waals surface area contributed by atoms with Gasteiger partial charge in [0.2, 0.25) is 5.91 Å². The average molecular weight is 387 g/mol. The van der Waals surface area contributed by atoms with Gasteiger partial charge in [-0.1, -0.05) is 29.8 Å². The van der Waals surface area contributed by atoms with Gasteiger partial charge < -0.3 is 15.0 Å². The van der Waals surface area contributed by atoms with E-state index in [0.29, 0.717) is 42.5 Å². The first kappa shape index (κ1) is 19.2. The van der Waals surface area contributed by atoms with Crippen LogP contribution < -0.4 is 10.1 Å². The van der Waals surface area contributed by atoms with E-state index in [1.807, 2.05) is 25.1 Å². The predicted octanol–water partition coefficient (Wildman–Crippen LogP) is 3.66. The predicted molar refractivity (Wildman–Crippen MR) is 105 cm³/mol. The van der Waals surface area contributed by atoms with Gasteiger partial charge in [-0.05, 0) is 55.7 Å². The standard InChI is InChI=1S/C21H23ClN2O3/c1-2-27-18-6-3-5-16(13-18)21(26)24-12-4-7-19(24)20(25)23-14-15-8-10-17(22)11-9-15/h3,5-6,8-11,13,19H,2,4,7,12,14H2,1H3,(H,23,25)/t19-/m0/s1. The number of benzene rings is 2. The third-order valence-electron chi connectivity index (χ3n) is 4.59. The van der Waals surface area contributed by atoms with Gasteiger partial charge >= 0.3 is 0 Å². The quantitative estimate of drug-likeness (QED) is 0.824. The van der Waals surface area contributed by atoms with Crippen LogP contribution in [0.3, 0.4) is 0 Å². The number of likely N-dealkylation sites (tertiary alicyclic amines) is 1. The van der Waals surface area contributed by atoms with Gasteiger partial charge in [-0.25, -0.2) is 0 Å². The van der Waals surface area contributed by atoms with E-state index in [9.17, 15) is 9.59 Å². The first-order valence-corrected chi connectivity index (χ1v) is 9.52. The van der Waals surface area contributed by atoms with Crippen molar-refractivity contribution in [2.75, 3.05) is 13.2 Å². The number of ether oxygens (including phenoxy) is 1. The molecule has 0 saturated carbocycles. The maximum atomic E-state index is 12.9. The molecule has 1 aliphatic rings. The van der Waals surface area contributed by atoms with Gasteiger partial charge in [0.05, 0.1) is 6.61 Å². The minimum Gasteiger partial charge on any atom is -0.494 e. The van der Waals surface area contributed by atoms with Crippen LogP contribution in [0.25, 0.3) is 0 Å². The molecule has 3 rings (SSSR count). The summed E-state index contributed by atoms with van der Waals surface area (Å²) in [4.78, 5) is 27.2. The molecule has 5 nitrogen and oxygen atoms in total. The zero-order valence-corrected chi connectivity index (χ0v) is 16.0. The summed E-state index contributed by atoms with van der Waals surface area (Å²) < 4.78 is 5.47. The van der Waals surface area contributed by atoms with Gasteiger partial charge in [0.25, 0.3) is 5.91 Å². The van der Waals surface area contributed by atoms with Crippen LogP contribution in [0.1, 0.15) is 35.7 Å². The maximum Gasteiger partial charge on any atom is 0.254 e. The summed E-state index contributed by atoms with van der Waals surface area (Å²) in [6.07, 6.45) is 1.49. The summed E-state index contributed by atoms with van der Waals surface area (Å²) in [5, 5.41) is 3.59. The second-order valence-electron chi connectivity index (χ2n) is 6.46. The molecule has 0 bridgehead atoms. The summed E-state index contributed by atoms with van der Waals surface area (Å²) in [6, 6.07) is 14.0. The molecule has 2 aromatic carbocycles. The van der Waals surface area contributed by atoms with Gasteiger partial charge in [0, 0.05) is 23.7 Å². The molecule has 1 N–H and O–H groups in total. The van der Waals surface area contributed by atoms with E-state index in [1.165, 1.54) is 0 Å². The van der Waals surface area contributed by atoms with E-state index in [4.69, 9.17) is 16.3 Å². The van der Waals surface area contributed by atoms with E-state index in [-0.39, 0.29) is 11.8 Å². The van der Waals surface area contributed by atoms with Gasteiger partial charge in [0.1, 0.15) is 11.8 Å². The van der Waals surface area contributed by atoms with E-state index in [2.05, 4.69) is 5.32 Å². The highest BCUT2D eigenvalue weighted by Gasteiger charge is 2.34. The number of amides is 2. The molecule has 2 aromatic rings. The Balaban J connectivity index is 1.65. The van der Waals surface area contributed by atoms with Crippen LogP contribution in [0.5, 0.6) is 5.75 Å². The molecule has 1 fully saturated rings. The van der Waals surface area contributed by atoms with Crippen LogP contribution in [0, 0.1) is 0 Å². The second-order valence-corrected chi connectivity index (χ2v) is 6.90. The molecule has 0 radical (unpaired) electrons. The number of carbonyl (C=O) groups is 2. The summed E-state index contributed by atoms with van der Waals surface area (Å²) in [7, 11) is 0. The number of halogens is 1. The Morgan fingerprint density at radius 1 is 1.22 bits per heavy atom. The minimum atomic E-state index is -0.444. The Morgan fingerprint density at radius 3 is 2.74 bits per heavy atom. The molecule has 6 heteroatoms. The van der Waals surface area contributed by atoms with E-state index in [0.717, 1.165) is 12.0 Å². The van der Waals surface area contributed by atoms with Gasteiger partial charge in [-0.15, -0.1) is 0 Å². The van der Waals surface area contributed by atoms with Crippen LogP contribution in [0.15, 0.2) is 48.5 Å². The number of carbonyl (C=O) groups excluding carboxylic acids is 2. The molecule has 0 aliphatic carbocycles. The van der Waals surface area contributed by atoms with Crippen LogP contribution in [-0.4, -0.2) is 35.9 Å². The lowest BCUT2D eigenvalue weighted by Gasteiger charge is -2.24. The number of rotatable bonds is 6. The van der Waals surface area contributed by atoms with Crippen molar-refractivity contribution >= 4 is 23.4 Å². The second kappa shape index (κ2) is 8.91. The largest absolute Gasteiger partial charge is 0.494 e. The normalized spacial score (nSPS) is 16.2. The number of hydrogen-bond acceptors (Lipinski definition) is 3. The van der Waals surface area contributed by atoms with Crippen molar-refractivity contribution in [2.24, 2.45) is 0 Å². The van der Waals surface area contributed by atoms with Crippen LogP contribution >= 0.6 is 11.6 Å². The smallest absolute Gasteiger partial charge is 0.254 e. The van der Waals surface area contributed by atoms with Crippen LogP contribution in [-0.2, 0) is 11.3 Å². The van der Waals surface area contributed by atoms with Gasteiger partial charge in [-0.3, -0.25) is 9.59 Å². The highest BCUT2D eigenvalue weighted by atomic mass is 35.5. The van der Waals surface area contributed by atoms with Gasteiger partial charge in [-0.2, -0.15) is 0 Å². The molecule has 0 aromatic heterocycles. The Morgan fingerprint density at radius 2 is 2.00 bits per heavy atom. The third-order valence-corrected chi connectivity index (χ3v) is 4.84. The highest BCUT2D eigenvalue weighted by Crippen LogP contribution is 2.22. The molecule has 0 unspecified atom stereocenters. The van der Waals surface area contributed by atoms with Crippen molar-refractivity contribution in [1.82, 2.24) is 10.2 Å². The average Bonchev–Trinajstić information content (AvgIpc) is 3.17. The molecular weight excluding hydrogens is 364 g/mol. The molecular formula is C21H23ClN2O3. The zero-order chi connectivity index (χ0) is 19.2. The number of hydrogen-bond donors (Lipinski definition) is 1. The lowest BCUT2D eigenvalue weighted by molar-refractivity contribution is -0.125. The Hall–Kier alpha value is -2.53. The van der Waals surface area contributed by atoms with Crippen molar-refractivity contribution in [2.45, 2.75) is 32.4 Å². The summed E-state index contributed by atoms with van der Waals surface area (Å²) in [5.74, 6) is 0.392. The third kappa shape index (κ3) is 4.80. The Labute approximate surface area is 164 Å². The molecule has 2 amide bonds. The highest BCUT2D eigenvalue weighted by molar-refractivity contribution is 6.30. The molecule has 1 heterocycles. The van der Waals surface area contributed by atoms with E-state index in [1.54, 1.807) is 35.2 Å². The monoisotopic (exact) mass is 386 g/mol. The summed E-state index contributed by atoms with van der Waals surface area (Å²) in [5.41, 5.74) is 1.51. The Kier molecular flexibility index (Phi) is 6.35. The van der Waals surface area contributed by atoms with Gasteiger partial charge in [0.15, 0.2) is 0 Å². The summed E-state index contributed by atoms with van der Waals surface area (Å²) >= 11 is 5.88. The van der Waals surface area contributed by atoms with Crippen molar-refractivity contribution in [3.8, 4) is 5.75 Å². The fourth-order valence-corrected chi connectivity index (χ4v) is 3.37. The first-order chi connectivity index (χ1) is 13.1. The number of nitrogens with zero attached hydrogens (tertiary/aromatic N) is 1. The van der Waals surface area contributed by atoms with Crippen molar-refractivity contribution in [3.05, 3.63) is 64.7 Å². The van der Waals surface area contributed by atoms with Crippen LogP contribution in [0.2, 0.25) is 5.02 Å². The first-order valence-electron chi connectivity index (χ1n) is 9.14. The molecule has 27 heavy (non-hydrogen) atoms. The maximum absolute atomic E-state index is 12.9. The molecule has 142 valence electrons. The lowest BCUT2D eigenvalue weighted by Crippen LogP contribution is -2.45. The lowest BCUT2D eigenvalue weighted by atomic mass is 10.1. The topological polar surface area (TPSA) is 58.6 Å². The minimum absolute atomic E-state index is 0.128. The van der Waals surface area contributed by atoms with Crippen LogP contribution in [0.4, 0.5) is 0 Å². The fraction of sp³-hybridized carbons (Fsp3) is 0.333. The van der Waals surface area contributed by atoms with Crippen molar-refractivity contribution < 1.29 is 14.3 Å². The SMILES string of the molecule is CCOc1cccc(C(=O)N2CCC[C@H]2C(=O)NCc2ccc(Cl)cc2)c1. The fourth-order valence-electron chi connectivity index (χ4n) is 3.24. The molecule has 1 atom stereocenters. The van der Waals surface area contributed by atoms with E-state index >= 15 is 0 Å². The molecule has 1 saturated heterocycles. The van der Waals surface area contributed by atoms with E-state index < -0.39 is 6.04 Å². The van der Waals surface area contributed by atoms with Crippen molar-refractivity contribution in [3.63, 3.8) is 0 Å². The zero-order valence-electron chi connectivity index (χ0n) is 15.3.